The van der Waals surface area contributed by atoms with Gasteiger partial charge in [0.2, 0.25) is 10.0 Å². The second-order valence-electron chi connectivity index (χ2n) is 6.32. The van der Waals surface area contributed by atoms with Crippen molar-refractivity contribution in [2.75, 3.05) is 38.3 Å². The molecule has 0 saturated carbocycles. The monoisotopic (exact) mass is 433 g/mol. The number of anilines is 1. The number of nitrogens with two attached hydrogens (primary N) is 2. The largest absolute Gasteiger partial charge is 0.385 e. The molecule has 0 unspecified atom stereocenters. The number of carbonyl (C=O) groups excluding carboxylic acids is 1. The van der Waals surface area contributed by atoms with Gasteiger partial charge in [0, 0.05) is 38.9 Å². The Labute approximate surface area is 172 Å². The molecule has 1 aliphatic rings. The number of aliphatic imine (C=N–C) groups is 1. The van der Waals surface area contributed by atoms with Crippen LogP contribution in [0.4, 0.5) is 5.69 Å². The molecule has 1 aliphatic heterocycles. The summed E-state index contributed by atoms with van der Waals surface area (Å²) in [6.45, 7) is 2.23. The third-order valence-electron chi connectivity index (χ3n) is 4.24. The number of nitrogens with one attached hydrogen (secondary N) is 1. The van der Waals surface area contributed by atoms with E-state index in [1.54, 1.807) is 19.2 Å². The number of hydrogen-bond acceptors (Lipinski definition) is 5. The van der Waals surface area contributed by atoms with Crippen molar-refractivity contribution in [3.63, 3.8) is 0 Å². The van der Waals surface area contributed by atoms with E-state index in [2.05, 4.69) is 9.71 Å². The van der Waals surface area contributed by atoms with E-state index in [9.17, 15) is 13.2 Å². The van der Waals surface area contributed by atoms with Gasteiger partial charge in [-0.2, -0.15) is 4.99 Å². The van der Waals surface area contributed by atoms with E-state index in [4.69, 9.17) is 16.2 Å². The Bertz CT molecular complexity index is 791. The van der Waals surface area contributed by atoms with Crippen molar-refractivity contribution >= 4 is 40.0 Å². The molecule has 0 aliphatic carbocycles. The number of hydrogen-bond donors (Lipinski definition) is 3. The molecule has 0 radical (unpaired) electrons. The quantitative estimate of drug-likeness (QED) is 0.313. The molecule has 1 aromatic rings. The summed E-state index contributed by atoms with van der Waals surface area (Å²) in [5.74, 6) is -1.06. The molecule has 5 N–H and O–H groups in total. The summed E-state index contributed by atoms with van der Waals surface area (Å²) in [4.78, 5) is 17.7. The maximum absolute atomic E-state index is 12.9. The van der Waals surface area contributed by atoms with Crippen molar-refractivity contribution in [1.82, 2.24) is 4.72 Å². The number of benzene rings is 1. The van der Waals surface area contributed by atoms with Crippen LogP contribution in [0.2, 0.25) is 0 Å². The van der Waals surface area contributed by atoms with E-state index < -0.39 is 15.9 Å². The van der Waals surface area contributed by atoms with Gasteiger partial charge in [0.15, 0.2) is 5.96 Å². The minimum Gasteiger partial charge on any atom is -0.385 e. The summed E-state index contributed by atoms with van der Waals surface area (Å²) >= 11 is 0. The van der Waals surface area contributed by atoms with Crippen LogP contribution >= 0.6 is 12.4 Å². The van der Waals surface area contributed by atoms with E-state index in [1.165, 1.54) is 6.07 Å². The molecule has 2 rings (SSSR count). The van der Waals surface area contributed by atoms with Gasteiger partial charge in [-0.1, -0.05) is 0 Å². The van der Waals surface area contributed by atoms with Crippen LogP contribution in [0.25, 0.3) is 0 Å². The smallest absolute Gasteiger partial charge is 0.280 e. The van der Waals surface area contributed by atoms with Crippen molar-refractivity contribution in [2.45, 2.75) is 30.6 Å². The molecule has 158 valence electrons. The Morgan fingerprint density at radius 2 is 1.93 bits per heavy atom. The van der Waals surface area contributed by atoms with Crippen LogP contribution < -0.4 is 21.1 Å². The highest BCUT2D eigenvalue weighted by molar-refractivity contribution is 7.89. The summed E-state index contributed by atoms with van der Waals surface area (Å²) in [6.07, 6.45) is 3.65. The first-order valence-electron chi connectivity index (χ1n) is 8.86. The number of sulfonamides is 1. The van der Waals surface area contributed by atoms with Crippen LogP contribution in [0, 0.1) is 0 Å². The molecule has 1 heterocycles. The molecule has 1 aromatic carbocycles. The molecule has 28 heavy (non-hydrogen) atoms. The highest BCUT2D eigenvalue weighted by Crippen LogP contribution is 2.29. The lowest BCUT2D eigenvalue weighted by Gasteiger charge is -2.30. The first-order chi connectivity index (χ1) is 12.8. The van der Waals surface area contributed by atoms with Crippen molar-refractivity contribution in [1.29, 1.82) is 0 Å². The van der Waals surface area contributed by atoms with Crippen molar-refractivity contribution < 1.29 is 17.9 Å². The molecule has 0 atom stereocenters. The first-order valence-corrected chi connectivity index (χ1v) is 10.3. The summed E-state index contributed by atoms with van der Waals surface area (Å²) in [5.41, 5.74) is 11.2. The summed E-state index contributed by atoms with van der Waals surface area (Å²) in [7, 11) is -2.26. The van der Waals surface area contributed by atoms with E-state index in [-0.39, 0.29) is 35.4 Å². The average Bonchev–Trinajstić information content (AvgIpc) is 2.65. The summed E-state index contributed by atoms with van der Waals surface area (Å²) in [6, 6.07) is 4.52. The Balaban J connectivity index is 0.00000392. The zero-order valence-corrected chi connectivity index (χ0v) is 17.5. The molecule has 0 spiro atoms. The second kappa shape index (κ2) is 11.2. The number of methoxy groups -OCH3 is 1. The molecule has 0 bridgehead atoms. The van der Waals surface area contributed by atoms with Crippen molar-refractivity contribution in [3.05, 3.63) is 23.8 Å². The van der Waals surface area contributed by atoms with Crippen LogP contribution in [0.5, 0.6) is 0 Å². The van der Waals surface area contributed by atoms with Gasteiger partial charge in [0.1, 0.15) is 4.90 Å². The summed E-state index contributed by atoms with van der Waals surface area (Å²) < 4.78 is 33.3. The van der Waals surface area contributed by atoms with Gasteiger partial charge in [-0.25, -0.2) is 13.1 Å². The standard InChI is InChI=1S/C17H27N5O4S.ClH/c1-26-11-5-8-20-27(24,25)15-12-13(16(23)21-17(18)19)6-7-14(15)22-9-3-2-4-10-22;/h6-7,12,20H,2-5,8-11H2,1H3,(H4,18,19,21,23);1H. The van der Waals surface area contributed by atoms with Crippen LogP contribution in [-0.4, -0.2) is 53.6 Å². The van der Waals surface area contributed by atoms with Gasteiger partial charge in [-0.3, -0.25) is 4.79 Å². The van der Waals surface area contributed by atoms with Gasteiger partial charge in [-0.05, 0) is 43.9 Å². The SMILES string of the molecule is COCCCNS(=O)(=O)c1cc(C(=O)N=C(N)N)ccc1N1CCCCC1.Cl. The number of piperidine rings is 1. The molecule has 9 nitrogen and oxygen atoms in total. The lowest BCUT2D eigenvalue weighted by Crippen LogP contribution is -2.33. The van der Waals surface area contributed by atoms with Crippen LogP contribution in [0.3, 0.4) is 0 Å². The zero-order chi connectivity index (χ0) is 19.9. The van der Waals surface area contributed by atoms with Gasteiger partial charge in [0.05, 0.1) is 5.69 Å². The zero-order valence-electron chi connectivity index (χ0n) is 15.9. The predicted molar refractivity (Wildman–Crippen MR) is 112 cm³/mol. The number of nitrogens with zero attached hydrogens (tertiary/aromatic N) is 2. The van der Waals surface area contributed by atoms with Crippen molar-refractivity contribution in [3.8, 4) is 0 Å². The maximum atomic E-state index is 12.9. The normalized spacial score (nSPS) is 14.2. The minimum atomic E-state index is -3.82. The van der Waals surface area contributed by atoms with Gasteiger partial charge in [-0.15, -0.1) is 12.4 Å². The Morgan fingerprint density at radius 1 is 1.25 bits per heavy atom. The fraction of sp³-hybridized carbons (Fsp3) is 0.529. The molecule has 1 amide bonds. The number of ether oxygens (including phenoxy) is 1. The Hall–Kier alpha value is -1.88. The van der Waals surface area contributed by atoms with E-state index in [1.807, 2.05) is 4.90 Å². The second-order valence-corrected chi connectivity index (χ2v) is 8.05. The lowest BCUT2D eigenvalue weighted by molar-refractivity contribution is 0.100. The average molecular weight is 434 g/mol. The Morgan fingerprint density at radius 3 is 2.54 bits per heavy atom. The fourth-order valence-electron chi connectivity index (χ4n) is 2.94. The minimum absolute atomic E-state index is 0. The van der Waals surface area contributed by atoms with Gasteiger partial charge >= 0.3 is 0 Å². The Kier molecular flexibility index (Phi) is 9.66. The summed E-state index contributed by atoms with van der Waals surface area (Å²) in [5, 5.41) is 0. The van der Waals surface area contributed by atoms with Gasteiger partial charge < -0.3 is 21.1 Å². The molecule has 11 heteroatoms. The van der Waals surface area contributed by atoms with Crippen LogP contribution in [-0.2, 0) is 14.8 Å². The molecular weight excluding hydrogens is 406 g/mol. The molecule has 0 aromatic heterocycles. The van der Waals surface area contributed by atoms with Crippen LogP contribution in [0.15, 0.2) is 28.1 Å². The number of amides is 1. The topological polar surface area (TPSA) is 140 Å². The van der Waals surface area contributed by atoms with E-state index >= 15 is 0 Å². The number of carbonyl (C=O) groups is 1. The predicted octanol–water partition coefficient (Wildman–Crippen LogP) is 0.827. The molecule has 1 fully saturated rings. The van der Waals surface area contributed by atoms with Gasteiger partial charge in [0.25, 0.3) is 5.91 Å². The highest BCUT2D eigenvalue weighted by Gasteiger charge is 2.24. The number of halogens is 1. The number of rotatable bonds is 8. The van der Waals surface area contributed by atoms with Crippen molar-refractivity contribution in [2.24, 2.45) is 16.5 Å². The third-order valence-corrected chi connectivity index (χ3v) is 5.73. The number of guanidine groups is 1. The highest BCUT2D eigenvalue weighted by atomic mass is 35.5. The first kappa shape index (κ1) is 24.2. The van der Waals surface area contributed by atoms with E-state index in [0.717, 1.165) is 32.4 Å². The molecular formula is C17H28ClN5O4S. The maximum Gasteiger partial charge on any atom is 0.280 e. The fourth-order valence-corrected chi connectivity index (χ4v) is 4.26. The van der Waals surface area contributed by atoms with Crippen LogP contribution in [0.1, 0.15) is 36.0 Å². The lowest BCUT2D eigenvalue weighted by atomic mass is 10.1. The molecule has 1 saturated heterocycles. The van der Waals surface area contributed by atoms with E-state index in [0.29, 0.717) is 18.7 Å². The third kappa shape index (κ3) is 6.62.